The molecule has 2 aliphatic heterocycles. The monoisotopic (exact) mass is 466 g/mol. The number of halogens is 1. The molecule has 0 bridgehead atoms. The van der Waals surface area contributed by atoms with E-state index in [2.05, 4.69) is 21.8 Å². The largest absolute Gasteiger partial charge is 0.444 e. The third-order valence-corrected chi connectivity index (χ3v) is 3.74. The first kappa shape index (κ1) is 22.0. The summed E-state index contributed by atoms with van der Waals surface area (Å²) in [5, 5.41) is 3.32. The highest BCUT2D eigenvalue weighted by Crippen LogP contribution is 2.18. The summed E-state index contributed by atoms with van der Waals surface area (Å²) in [5.74, 6) is 0.905. The molecule has 0 aromatic rings. The molecule has 0 aliphatic carbocycles. The van der Waals surface area contributed by atoms with Crippen LogP contribution in [0.4, 0.5) is 4.79 Å². The molecule has 2 heterocycles. The summed E-state index contributed by atoms with van der Waals surface area (Å²) in [6.07, 6.45) is -0.239. The van der Waals surface area contributed by atoms with Gasteiger partial charge in [-0.05, 0) is 27.7 Å². The van der Waals surface area contributed by atoms with Gasteiger partial charge >= 0.3 is 6.09 Å². The fraction of sp³-hybridized carbons (Fsp3) is 0.765. The van der Waals surface area contributed by atoms with Gasteiger partial charge in [0.15, 0.2) is 5.96 Å². The summed E-state index contributed by atoms with van der Waals surface area (Å²) in [6.45, 7) is 16.1. The normalized spacial score (nSPS) is 19.7. The molecule has 144 valence electrons. The molecular formula is C17H31IN4O3. The van der Waals surface area contributed by atoms with Crippen LogP contribution in [-0.4, -0.2) is 79.4 Å². The fourth-order valence-corrected chi connectivity index (χ4v) is 2.70. The van der Waals surface area contributed by atoms with E-state index in [1.165, 1.54) is 0 Å². The van der Waals surface area contributed by atoms with Crippen molar-refractivity contribution in [3.63, 3.8) is 0 Å². The van der Waals surface area contributed by atoms with E-state index >= 15 is 0 Å². The van der Waals surface area contributed by atoms with Crippen molar-refractivity contribution >= 4 is 36.0 Å². The molecule has 1 fully saturated rings. The number of carbonyl (C=O) groups excluding carboxylic acids is 1. The number of carbonyl (C=O) groups is 1. The van der Waals surface area contributed by atoms with Gasteiger partial charge in [-0.3, -0.25) is 4.99 Å². The lowest BCUT2D eigenvalue weighted by molar-refractivity contribution is 0.0137. The van der Waals surface area contributed by atoms with Crippen LogP contribution in [0.5, 0.6) is 0 Å². The number of hydrogen-bond donors (Lipinski definition) is 1. The third-order valence-electron chi connectivity index (χ3n) is 3.74. The van der Waals surface area contributed by atoms with Crippen LogP contribution >= 0.6 is 24.0 Å². The van der Waals surface area contributed by atoms with Crippen molar-refractivity contribution in [3.05, 3.63) is 12.2 Å². The van der Waals surface area contributed by atoms with Crippen molar-refractivity contribution in [2.24, 2.45) is 4.99 Å². The molecule has 25 heavy (non-hydrogen) atoms. The minimum atomic E-state index is -0.461. The highest BCUT2D eigenvalue weighted by Gasteiger charge is 2.36. The SMILES string of the molecule is C=C(C)COCCNC1=NCC2CN(C(=O)OC(C)(C)C)CCN12.I. The lowest BCUT2D eigenvalue weighted by Crippen LogP contribution is -2.57. The Morgan fingerprint density at radius 1 is 1.40 bits per heavy atom. The van der Waals surface area contributed by atoms with Crippen LogP contribution in [0.15, 0.2) is 17.1 Å². The van der Waals surface area contributed by atoms with Gasteiger partial charge in [-0.25, -0.2) is 4.79 Å². The van der Waals surface area contributed by atoms with Crippen LogP contribution in [0, 0.1) is 0 Å². The van der Waals surface area contributed by atoms with Crippen LogP contribution < -0.4 is 5.32 Å². The number of rotatable bonds is 5. The quantitative estimate of drug-likeness (QED) is 0.382. The summed E-state index contributed by atoms with van der Waals surface area (Å²) < 4.78 is 10.9. The number of aliphatic imine (C=N–C) groups is 1. The van der Waals surface area contributed by atoms with Gasteiger partial charge in [0.05, 0.1) is 25.8 Å². The van der Waals surface area contributed by atoms with Gasteiger partial charge in [0.1, 0.15) is 5.60 Å². The smallest absolute Gasteiger partial charge is 0.410 e. The molecule has 2 rings (SSSR count). The summed E-state index contributed by atoms with van der Waals surface area (Å²) in [5.41, 5.74) is 0.559. The Balaban J connectivity index is 0.00000312. The number of nitrogens with zero attached hydrogens (tertiary/aromatic N) is 3. The molecule has 2 aliphatic rings. The second kappa shape index (κ2) is 9.61. The minimum Gasteiger partial charge on any atom is -0.444 e. The molecule has 1 unspecified atom stereocenters. The molecule has 8 heteroatoms. The number of fused-ring (bicyclic) bond motifs is 1. The number of ether oxygens (including phenoxy) is 2. The zero-order chi connectivity index (χ0) is 17.7. The van der Waals surface area contributed by atoms with E-state index < -0.39 is 5.60 Å². The first-order valence-corrected chi connectivity index (χ1v) is 8.51. The van der Waals surface area contributed by atoms with Gasteiger partial charge in [-0.2, -0.15) is 0 Å². The third kappa shape index (κ3) is 7.01. The first-order chi connectivity index (χ1) is 11.3. The molecule has 0 spiro atoms. The van der Waals surface area contributed by atoms with Crippen LogP contribution in [0.2, 0.25) is 0 Å². The van der Waals surface area contributed by atoms with Gasteiger partial charge in [0, 0.05) is 26.2 Å². The first-order valence-electron chi connectivity index (χ1n) is 8.51. The van der Waals surface area contributed by atoms with E-state index in [1.54, 1.807) is 4.90 Å². The maximum atomic E-state index is 12.2. The number of hydrogen-bond acceptors (Lipinski definition) is 6. The van der Waals surface area contributed by atoms with Gasteiger partial charge in [-0.15, -0.1) is 24.0 Å². The van der Waals surface area contributed by atoms with E-state index in [1.807, 2.05) is 27.7 Å². The van der Waals surface area contributed by atoms with Crippen molar-refractivity contribution in [1.82, 2.24) is 15.1 Å². The molecule has 0 saturated carbocycles. The Labute approximate surface area is 167 Å². The van der Waals surface area contributed by atoms with Crippen molar-refractivity contribution in [2.45, 2.75) is 39.3 Å². The van der Waals surface area contributed by atoms with Crippen LogP contribution in [0.25, 0.3) is 0 Å². The van der Waals surface area contributed by atoms with Crippen LogP contribution in [0.1, 0.15) is 27.7 Å². The maximum absolute atomic E-state index is 12.2. The standard InChI is InChI=1S/C17H30N4O3.HI/c1-13(2)12-23-9-6-18-15-19-10-14-11-20(7-8-21(14)15)16(22)24-17(3,4)5;/h14H,1,6-12H2,2-5H3,(H,18,19);1H. The molecule has 1 saturated heterocycles. The highest BCUT2D eigenvalue weighted by molar-refractivity contribution is 14.0. The topological polar surface area (TPSA) is 66.4 Å². The predicted octanol–water partition coefficient (Wildman–Crippen LogP) is 2.08. The summed E-state index contributed by atoms with van der Waals surface area (Å²) in [4.78, 5) is 20.8. The Morgan fingerprint density at radius 3 is 2.76 bits per heavy atom. The molecule has 1 amide bonds. The van der Waals surface area contributed by atoms with E-state index in [-0.39, 0.29) is 36.1 Å². The zero-order valence-electron chi connectivity index (χ0n) is 15.7. The number of guanidine groups is 1. The second-order valence-electron chi connectivity index (χ2n) is 7.37. The van der Waals surface area contributed by atoms with Gasteiger partial charge in [-0.1, -0.05) is 12.2 Å². The summed E-state index contributed by atoms with van der Waals surface area (Å²) in [6, 6.07) is 0.227. The number of piperazine rings is 1. The van der Waals surface area contributed by atoms with E-state index in [0.29, 0.717) is 39.4 Å². The van der Waals surface area contributed by atoms with Crippen molar-refractivity contribution in [1.29, 1.82) is 0 Å². The molecule has 7 nitrogen and oxygen atoms in total. The number of nitrogens with one attached hydrogen (secondary N) is 1. The maximum Gasteiger partial charge on any atom is 0.410 e. The Morgan fingerprint density at radius 2 is 2.12 bits per heavy atom. The lowest BCUT2D eigenvalue weighted by Gasteiger charge is -2.39. The molecule has 0 radical (unpaired) electrons. The Bertz CT molecular complexity index is 505. The lowest BCUT2D eigenvalue weighted by atomic mass is 10.2. The van der Waals surface area contributed by atoms with E-state index in [4.69, 9.17) is 9.47 Å². The fourth-order valence-electron chi connectivity index (χ4n) is 2.70. The van der Waals surface area contributed by atoms with E-state index in [9.17, 15) is 4.79 Å². The molecular weight excluding hydrogens is 435 g/mol. The number of amides is 1. The molecule has 1 atom stereocenters. The van der Waals surface area contributed by atoms with Gasteiger partial charge < -0.3 is 24.6 Å². The van der Waals surface area contributed by atoms with Gasteiger partial charge in [0.2, 0.25) is 0 Å². The van der Waals surface area contributed by atoms with Crippen LogP contribution in [-0.2, 0) is 9.47 Å². The van der Waals surface area contributed by atoms with Crippen molar-refractivity contribution in [2.75, 3.05) is 45.9 Å². The van der Waals surface area contributed by atoms with Crippen molar-refractivity contribution < 1.29 is 14.3 Å². The van der Waals surface area contributed by atoms with Gasteiger partial charge in [0.25, 0.3) is 0 Å². The van der Waals surface area contributed by atoms with E-state index in [0.717, 1.165) is 18.1 Å². The Hall–Kier alpha value is -1.03. The zero-order valence-corrected chi connectivity index (χ0v) is 18.0. The molecule has 0 aromatic heterocycles. The predicted molar refractivity (Wildman–Crippen MR) is 110 cm³/mol. The summed E-state index contributed by atoms with van der Waals surface area (Å²) >= 11 is 0. The minimum absolute atomic E-state index is 0. The average molecular weight is 466 g/mol. The highest BCUT2D eigenvalue weighted by atomic mass is 127. The average Bonchev–Trinajstić information content (AvgIpc) is 2.87. The second-order valence-corrected chi connectivity index (χ2v) is 7.37. The summed E-state index contributed by atoms with van der Waals surface area (Å²) in [7, 11) is 0. The molecule has 1 N–H and O–H groups in total. The van der Waals surface area contributed by atoms with Crippen LogP contribution in [0.3, 0.4) is 0 Å². The molecule has 0 aromatic carbocycles. The van der Waals surface area contributed by atoms with Crippen molar-refractivity contribution in [3.8, 4) is 0 Å². The Kier molecular flexibility index (Phi) is 8.46.